The average molecular weight is 508 g/mol. The second-order valence-electron chi connectivity index (χ2n) is 8.85. The molecule has 0 bridgehead atoms. The number of fused-ring (bicyclic) bond motifs is 1. The van der Waals surface area contributed by atoms with Gasteiger partial charge in [0.1, 0.15) is 11.4 Å². The number of ether oxygens (including phenoxy) is 1. The Morgan fingerprint density at radius 1 is 1.14 bits per heavy atom. The molecule has 0 radical (unpaired) electrons. The van der Waals surface area contributed by atoms with Gasteiger partial charge in [-0.05, 0) is 53.9 Å². The quantitative estimate of drug-likeness (QED) is 0.386. The number of hydrogen-bond donors (Lipinski definition) is 0. The van der Waals surface area contributed by atoms with Gasteiger partial charge < -0.3 is 9.64 Å². The van der Waals surface area contributed by atoms with Crippen molar-refractivity contribution in [3.05, 3.63) is 70.9 Å². The predicted octanol–water partition coefficient (Wildman–Crippen LogP) is 5.77. The minimum atomic E-state index is -4.85. The SMILES string of the molecule is CCCCC1CN(Cc2ccc(C#N)cc2)C(=O)c2cc(-c3ccc(OC(F)(F)F)cc3CC#N)nn21. The molecule has 0 saturated heterocycles. The molecule has 1 unspecified atom stereocenters. The number of carbonyl (C=O) groups is 1. The molecule has 10 heteroatoms. The van der Waals surface area contributed by atoms with Gasteiger partial charge >= 0.3 is 6.36 Å². The zero-order chi connectivity index (χ0) is 26.6. The fourth-order valence-electron chi connectivity index (χ4n) is 4.48. The Hall–Kier alpha value is -4.31. The van der Waals surface area contributed by atoms with Crippen molar-refractivity contribution in [3.63, 3.8) is 0 Å². The van der Waals surface area contributed by atoms with Crippen molar-refractivity contribution in [3.8, 4) is 29.1 Å². The molecule has 4 rings (SSSR count). The number of nitriles is 2. The summed E-state index contributed by atoms with van der Waals surface area (Å²) in [5, 5.41) is 23.0. The highest BCUT2D eigenvalue weighted by Crippen LogP contribution is 2.34. The molecule has 0 spiro atoms. The maximum Gasteiger partial charge on any atom is 0.573 e. The molecule has 1 atom stereocenters. The lowest BCUT2D eigenvalue weighted by molar-refractivity contribution is -0.274. The van der Waals surface area contributed by atoms with E-state index in [1.165, 1.54) is 18.2 Å². The third-order valence-corrected chi connectivity index (χ3v) is 6.22. The summed E-state index contributed by atoms with van der Waals surface area (Å²) in [5.41, 5.74) is 3.03. The van der Waals surface area contributed by atoms with Gasteiger partial charge in [0.15, 0.2) is 0 Å². The summed E-state index contributed by atoms with van der Waals surface area (Å²) in [5.74, 6) is -0.634. The van der Waals surface area contributed by atoms with E-state index >= 15 is 0 Å². The van der Waals surface area contributed by atoms with Gasteiger partial charge in [-0.15, -0.1) is 13.2 Å². The summed E-state index contributed by atoms with van der Waals surface area (Å²) in [6.45, 7) is 2.91. The van der Waals surface area contributed by atoms with Crippen LogP contribution < -0.4 is 4.74 Å². The molecule has 2 heterocycles. The molecular formula is C27H24F3N5O2. The Kier molecular flexibility index (Phi) is 7.49. The molecule has 0 aliphatic carbocycles. The number of unbranched alkanes of at least 4 members (excludes halogenated alkanes) is 1. The van der Waals surface area contributed by atoms with E-state index in [4.69, 9.17) is 5.26 Å². The number of alkyl halides is 3. The van der Waals surface area contributed by atoms with Gasteiger partial charge in [-0.3, -0.25) is 9.48 Å². The summed E-state index contributed by atoms with van der Waals surface area (Å²) in [6.07, 6.45) is -2.30. The monoisotopic (exact) mass is 507 g/mol. The van der Waals surface area contributed by atoms with Gasteiger partial charge in [0.05, 0.1) is 35.9 Å². The third-order valence-electron chi connectivity index (χ3n) is 6.22. The fourth-order valence-corrected chi connectivity index (χ4v) is 4.48. The van der Waals surface area contributed by atoms with E-state index in [0.29, 0.717) is 41.2 Å². The second-order valence-corrected chi connectivity index (χ2v) is 8.85. The van der Waals surface area contributed by atoms with E-state index in [1.807, 2.05) is 18.2 Å². The number of aromatic nitrogens is 2. The highest BCUT2D eigenvalue weighted by molar-refractivity contribution is 5.94. The van der Waals surface area contributed by atoms with Crippen molar-refractivity contribution < 1.29 is 22.7 Å². The van der Waals surface area contributed by atoms with E-state index in [-0.39, 0.29) is 18.4 Å². The topological polar surface area (TPSA) is 94.9 Å². The van der Waals surface area contributed by atoms with Crippen molar-refractivity contribution >= 4 is 5.91 Å². The number of halogens is 3. The molecule has 0 saturated carbocycles. The molecular weight excluding hydrogens is 483 g/mol. The number of benzene rings is 2. The van der Waals surface area contributed by atoms with Gasteiger partial charge in [0, 0.05) is 18.7 Å². The lowest BCUT2D eigenvalue weighted by atomic mass is 10.0. The van der Waals surface area contributed by atoms with Gasteiger partial charge in [-0.2, -0.15) is 15.6 Å². The standard InChI is InChI=1S/C27H24F3N5O2/c1-2-3-4-21-17-34(16-19-7-5-18(15-32)6-8-19)26(36)25-14-24(33-35(21)25)23-10-9-22(37-27(28,29)30)13-20(23)11-12-31/h5-10,13-14,21H,2-4,11,16-17H2,1H3. The maximum absolute atomic E-state index is 13.4. The van der Waals surface area contributed by atoms with Crippen molar-refractivity contribution in [2.45, 2.75) is 51.6 Å². The normalized spacial score (nSPS) is 15.1. The van der Waals surface area contributed by atoms with Gasteiger partial charge in [0.2, 0.25) is 0 Å². The predicted molar refractivity (Wildman–Crippen MR) is 128 cm³/mol. The lowest BCUT2D eigenvalue weighted by Gasteiger charge is -2.33. The Morgan fingerprint density at radius 3 is 2.54 bits per heavy atom. The molecule has 190 valence electrons. The molecule has 7 nitrogen and oxygen atoms in total. The van der Waals surface area contributed by atoms with Crippen LogP contribution in [0.25, 0.3) is 11.3 Å². The Balaban J connectivity index is 1.69. The van der Waals surface area contributed by atoms with Crippen LogP contribution in [-0.2, 0) is 13.0 Å². The third kappa shape index (κ3) is 5.92. The van der Waals surface area contributed by atoms with E-state index in [2.05, 4.69) is 22.8 Å². The number of nitrogens with zero attached hydrogens (tertiary/aromatic N) is 5. The zero-order valence-corrected chi connectivity index (χ0v) is 20.1. The van der Waals surface area contributed by atoms with Crippen LogP contribution in [-0.4, -0.2) is 33.5 Å². The summed E-state index contributed by atoms with van der Waals surface area (Å²) in [4.78, 5) is 15.2. The number of carbonyl (C=O) groups excluding carboxylic acids is 1. The Labute approximate surface area is 212 Å². The van der Waals surface area contributed by atoms with Crippen molar-refractivity contribution in [2.24, 2.45) is 0 Å². The van der Waals surface area contributed by atoms with E-state index < -0.39 is 12.1 Å². The molecule has 37 heavy (non-hydrogen) atoms. The van der Waals surface area contributed by atoms with Crippen LogP contribution in [0.3, 0.4) is 0 Å². The first kappa shape index (κ1) is 25.8. The second kappa shape index (κ2) is 10.8. The van der Waals surface area contributed by atoms with E-state index in [0.717, 1.165) is 24.8 Å². The van der Waals surface area contributed by atoms with Crippen LogP contribution in [0.4, 0.5) is 13.2 Å². The zero-order valence-electron chi connectivity index (χ0n) is 20.1. The minimum Gasteiger partial charge on any atom is -0.406 e. The molecule has 1 aliphatic rings. The summed E-state index contributed by atoms with van der Waals surface area (Å²) < 4.78 is 43.8. The first-order chi connectivity index (χ1) is 17.7. The maximum atomic E-state index is 13.4. The number of hydrogen-bond acceptors (Lipinski definition) is 5. The largest absolute Gasteiger partial charge is 0.573 e. The molecule has 0 N–H and O–H groups in total. The van der Waals surface area contributed by atoms with Crippen LogP contribution in [0.1, 0.15) is 59.4 Å². The molecule has 1 aromatic heterocycles. The van der Waals surface area contributed by atoms with Crippen molar-refractivity contribution in [1.29, 1.82) is 10.5 Å². The van der Waals surface area contributed by atoms with Crippen LogP contribution in [0.15, 0.2) is 48.5 Å². The van der Waals surface area contributed by atoms with Crippen LogP contribution in [0.5, 0.6) is 5.75 Å². The summed E-state index contributed by atoms with van der Waals surface area (Å²) in [7, 11) is 0. The molecule has 3 aromatic rings. The summed E-state index contributed by atoms with van der Waals surface area (Å²) >= 11 is 0. The molecule has 1 aliphatic heterocycles. The first-order valence-electron chi connectivity index (χ1n) is 11.9. The minimum absolute atomic E-state index is 0.0768. The molecule has 1 amide bonds. The fraction of sp³-hybridized carbons (Fsp3) is 0.333. The smallest absolute Gasteiger partial charge is 0.406 e. The average Bonchev–Trinajstić information content (AvgIpc) is 3.31. The van der Waals surface area contributed by atoms with Crippen LogP contribution in [0.2, 0.25) is 0 Å². The van der Waals surface area contributed by atoms with E-state index in [9.17, 15) is 23.2 Å². The Bertz CT molecular complexity index is 1370. The van der Waals surface area contributed by atoms with Gasteiger partial charge in [-0.1, -0.05) is 31.9 Å². The molecule has 0 fully saturated rings. The number of rotatable bonds is 8. The van der Waals surface area contributed by atoms with Crippen LogP contribution >= 0.6 is 0 Å². The highest BCUT2D eigenvalue weighted by Gasteiger charge is 2.34. The highest BCUT2D eigenvalue weighted by atomic mass is 19.4. The van der Waals surface area contributed by atoms with E-state index in [1.54, 1.807) is 27.8 Å². The van der Waals surface area contributed by atoms with Crippen molar-refractivity contribution in [1.82, 2.24) is 14.7 Å². The van der Waals surface area contributed by atoms with Crippen LogP contribution in [0, 0.1) is 22.7 Å². The number of amides is 1. The van der Waals surface area contributed by atoms with Gasteiger partial charge in [0.25, 0.3) is 5.91 Å². The van der Waals surface area contributed by atoms with Crippen molar-refractivity contribution in [2.75, 3.05) is 6.54 Å². The molecule has 2 aromatic carbocycles. The van der Waals surface area contributed by atoms with Gasteiger partial charge in [-0.25, -0.2) is 0 Å². The first-order valence-corrected chi connectivity index (χ1v) is 11.9. The summed E-state index contributed by atoms with van der Waals surface area (Å²) in [6, 6.07) is 16.5. The lowest BCUT2D eigenvalue weighted by Crippen LogP contribution is -2.42. The Morgan fingerprint density at radius 2 is 1.89 bits per heavy atom.